The molecule has 1 aliphatic rings. The van der Waals surface area contributed by atoms with Gasteiger partial charge < -0.3 is 5.32 Å². The van der Waals surface area contributed by atoms with Crippen LogP contribution in [-0.4, -0.2) is 34.0 Å². The Kier molecular flexibility index (Phi) is 5.05. The van der Waals surface area contributed by atoms with E-state index in [1.165, 1.54) is 5.56 Å². The molecule has 0 saturated carbocycles. The topological polar surface area (TPSA) is 41.1 Å². The average molecular weight is 401 g/mol. The van der Waals surface area contributed by atoms with E-state index in [1.807, 2.05) is 12.1 Å². The predicted molar refractivity (Wildman–Crippen MR) is 88.5 cm³/mol. The van der Waals surface area contributed by atoms with Gasteiger partial charge >= 0.3 is 6.18 Å². The Hall–Kier alpha value is -1.67. The summed E-state index contributed by atoms with van der Waals surface area (Å²) in [5.74, 6) is 0.0270. The summed E-state index contributed by atoms with van der Waals surface area (Å²) >= 11 is 3.45. The highest BCUT2D eigenvalue weighted by atomic mass is 79.9. The van der Waals surface area contributed by atoms with Crippen molar-refractivity contribution in [3.05, 3.63) is 52.3 Å². The third-order valence-electron chi connectivity index (χ3n) is 3.85. The Morgan fingerprint density at radius 3 is 2.88 bits per heavy atom. The third-order valence-corrected chi connectivity index (χ3v) is 4.34. The van der Waals surface area contributed by atoms with E-state index in [1.54, 1.807) is 0 Å². The molecular weight excluding hydrogens is 385 g/mol. The molecule has 1 aromatic carbocycles. The van der Waals surface area contributed by atoms with Gasteiger partial charge in [-0.3, -0.25) is 4.90 Å². The first-order chi connectivity index (χ1) is 11.4. The van der Waals surface area contributed by atoms with Gasteiger partial charge in [-0.1, -0.05) is 28.1 Å². The van der Waals surface area contributed by atoms with Crippen molar-refractivity contribution >= 4 is 21.9 Å². The van der Waals surface area contributed by atoms with Gasteiger partial charge in [0.2, 0.25) is 5.95 Å². The van der Waals surface area contributed by atoms with Crippen LogP contribution in [-0.2, 0) is 12.7 Å². The molecule has 1 N–H and O–H groups in total. The summed E-state index contributed by atoms with van der Waals surface area (Å²) < 4.78 is 39.1. The van der Waals surface area contributed by atoms with Crippen LogP contribution in [0.25, 0.3) is 0 Å². The van der Waals surface area contributed by atoms with E-state index in [0.29, 0.717) is 0 Å². The van der Waals surface area contributed by atoms with E-state index in [9.17, 15) is 13.2 Å². The van der Waals surface area contributed by atoms with E-state index < -0.39 is 11.9 Å². The maximum Gasteiger partial charge on any atom is 0.433 e. The lowest BCUT2D eigenvalue weighted by Crippen LogP contribution is -2.27. The summed E-state index contributed by atoms with van der Waals surface area (Å²) in [6, 6.07) is 9.00. The summed E-state index contributed by atoms with van der Waals surface area (Å²) in [6.45, 7) is 2.43. The SMILES string of the molecule is FC(F)(F)c1ccnc(NC2CCN(Cc3cccc(Br)c3)C2)n1. The minimum Gasteiger partial charge on any atom is -0.350 e. The maximum absolute atomic E-state index is 12.7. The molecule has 0 aliphatic carbocycles. The molecule has 128 valence electrons. The lowest BCUT2D eigenvalue weighted by molar-refractivity contribution is -0.141. The van der Waals surface area contributed by atoms with E-state index >= 15 is 0 Å². The minimum atomic E-state index is -4.46. The normalized spacial score (nSPS) is 18.8. The number of nitrogens with zero attached hydrogens (tertiary/aromatic N) is 3. The van der Waals surface area contributed by atoms with Gasteiger partial charge in [0.15, 0.2) is 0 Å². The summed E-state index contributed by atoms with van der Waals surface area (Å²) in [6.07, 6.45) is -2.48. The molecule has 0 amide bonds. The number of halogens is 4. The number of benzene rings is 1. The van der Waals surface area contributed by atoms with Crippen LogP contribution in [0.15, 0.2) is 41.0 Å². The van der Waals surface area contributed by atoms with Gasteiger partial charge in [-0.05, 0) is 30.2 Å². The Morgan fingerprint density at radius 2 is 2.12 bits per heavy atom. The maximum atomic E-state index is 12.7. The van der Waals surface area contributed by atoms with Crippen molar-refractivity contribution in [1.82, 2.24) is 14.9 Å². The number of nitrogens with one attached hydrogen (secondary N) is 1. The van der Waals surface area contributed by atoms with Crippen LogP contribution in [0.2, 0.25) is 0 Å². The minimum absolute atomic E-state index is 0.0270. The zero-order chi connectivity index (χ0) is 17.2. The highest BCUT2D eigenvalue weighted by Gasteiger charge is 2.33. The Morgan fingerprint density at radius 1 is 1.29 bits per heavy atom. The summed E-state index contributed by atoms with van der Waals surface area (Å²) in [5.41, 5.74) is 0.268. The molecule has 2 aromatic rings. The molecule has 1 atom stereocenters. The van der Waals surface area contributed by atoms with Crippen LogP contribution in [0, 0.1) is 0 Å². The Balaban J connectivity index is 1.58. The van der Waals surface area contributed by atoms with Gasteiger partial charge in [0.1, 0.15) is 5.69 Å². The van der Waals surface area contributed by atoms with Gasteiger partial charge in [-0.25, -0.2) is 9.97 Å². The monoisotopic (exact) mass is 400 g/mol. The molecule has 1 aromatic heterocycles. The van der Waals surface area contributed by atoms with Gasteiger partial charge in [-0.2, -0.15) is 13.2 Å². The second-order valence-corrected chi connectivity index (χ2v) is 6.67. The molecular formula is C16H16BrF3N4. The molecule has 0 radical (unpaired) electrons. The zero-order valence-corrected chi connectivity index (χ0v) is 14.3. The van der Waals surface area contributed by atoms with Crippen molar-refractivity contribution in [3.63, 3.8) is 0 Å². The van der Waals surface area contributed by atoms with E-state index in [2.05, 4.69) is 48.2 Å². The third kappa shape index (κ3) is 4.45. The fourth-order valence-electron chi connectivity index (χ4n) is 2.76. The Labute approximate surface area is 146 Å². The molecule has 0 bridgehead atoms. The van der Waals surface area contributed by atoms with Crippen molar-refractivity contribution in [2.24, 2.45) is 0 Å². The lowest BCUT2D eigenvalue weighted by Gasteiger charge is -2.17. The van der Waals surface area contributed by atoms with Gasteiger partial charge in [0.25, 0.3) is 0 Å². The summed E-state index contributed by atoms with van der Waals surface area (Å²) in [4.78, 5) is 9.70. The zero-order valence-electron chi connectivity index (χ0n) is 12.7. The first-order valence-electron chi connectivity index (χ1n) is 7.54. The first-order valence-corrected chi connectivity index (χ1v) is 8.33. The highest BCUT2D eigenvalue weighted by Crippen LogP contribution is 2.28. The van der Waals surface area contributed by atoms with Gasteiger partial charge in [-0.15, -0.1) is 0 Å². The molecule has 1 unspecified atom stereocenters. The fraction of sp³-hybridized carbons (Fsp3) is 0.375. The van der Waals surface area contributed by atoms with Crippen molar-refractivity contribution in [3.8, 4) is 0 Å². The second-order valence-electron chi connectivity index (χ2n) is 5.76. The quantitative estimate of drug-likeness (QED) is 0.843. The van der Waals surface area contributed by atoms with E-state index in [-0.39, 0.29) is 12.0 Å². The Bertz CT molecular complexity index is 708. The van der Waals surface area contributed by atoms with E-state index in [4.69, 9.17) is 0 Å². The first kappa shape index (κ1) is 17.2. The van der Waals surface area contributed by atoms with Crippen molar-refractivity contribution < 1.29 is 13.2 Å². The molecule has 8 heteroatoms. The smallest absolute Gasteiger partial charge is 0.350 e. The number of alkyl halides is 3. The van der Waals surface area contributed by atoms with Crippen molar-refractivity contribution in [2.75, 3.05) is 18.4 Å². The van der Waals surface area contributed by atoms with Crippen molar-refractivity contribution in [1.29, 1.82) is 0 Å². The standard InChI is InChI=1S/C16H16BrF3N4/c17-12-3-1-2-11(8-12)9-24-7-5-13(10-24)22-15-21-6-4-14(23-15)16(18,19)20/h1-4,6,8,13H,5,7,9-10H2,(H,21,22,23). The van der Waals surface area contributed by atoms with Gasteiger partial charge in [0, 0.05) is 36.3 Å². The molecule has 1 aliphatic heterocycles. The van der Waals surface area contributed by atoms with Gasteiger partial charge in [0.05, 0.1) is 0 Å². The van der Waals surface area contributed by atoms with Crippen LogP contribution < -0.4 is 5.32 Å². The molecule has 4 nitrogen and oxygen atoms in total. The lowest BCUT2D eigenvalue weighted by atomic mass is 10.2. The summed E-state index contributed by atoms with van der Waals surface area (Å²) in [7, 11) is 0. The van der Waals surface area contributed by atoms with Crippen LogP contribution >= 0.6 is 15.9 Å². The number of rotatable bonds is 4. The summed E-state index contributed by atoms with van der Waals surface area (Å²) in [5, 5.41) is 3.01. The highest BCUT2D eigenvalue weighted by molar-refractivity contribution is 9.10. The van der Waals surface area contributed by atoms with Crippen LogP contribution in [0.3, 0.4) is 0 Å². The molecule has 24 heavy (non-hydrogen) atoms. The number of hydrogen-bond donors (Lipinski definition) is 1. The number of likely N-dealkylation sites (tertiary alicyclic amines) is 1. The number of aromatic nitrogens is 2. The van der Waals surface area contributed by atoms with Crippen LogP contribution in [0.1, 0.15) is 17.7 Å². The molecule has 1 fully saturated rings. The largest absolute Gasteiger partial charge is 0.433 e. The number of hydrogen-bond acceptors (Lipinski definition) is 4. The fourth-order valence-corrected chi connectivity index (χ4v) is 3.20. The van der Waals surface area contributed by atoms with Crippen LogP contribution in [0.5, 0.6) is 0 Å². The second kappa shape index (κ2) is 7.06. The molecule has 1 saturated heterocycles. The predicted octanol–water partition coefficient (Wildman–Crippen LogP) is 3.94. The molecule has 3 rings (SSSR count). The molecule has 2 heterocycles. The van der Waals surface area contributed by atoms with E-state index in [0.717, 1.165) is 42.8 Å². The number of anilines is 1. The van der Waals surface area contributed by atoms with Crippen LogP contribution in [0.4, 0.5) is 19.1 Å². The molecule has 0 spiro atoms. The average Bonchev–Trinajstić information content (AvgIpc) is 2.94. The van der Waals surface area contributed by atoms with Crippen molar-refractivity contribution in [2.45, 2.75) is 25.2 Å².